The van der Waals surface area contributed by atoms with Crippen LogP contribution in [0.2, 0.25) is 0 Å². The van der Waals surface area contributed by atoms with Crippen LogP contribution in [-0.4, -0.2) is 63.6 Å². The predicted octanol–water partition coefficient (Wildman–Crippen LogP) is 1.73. The van der Waals surface area contributed by atoms with Crippen LogP contribution < -0.4 is 5.32 Å². The highest BCUT2D eigenvalue weighted by Gasteiger charge is 2.31. The van der Waals surface area contributed by atoms with E-state index in [0.29, 0.717) is 19.5 Å². The van der Waals surface area contributed by atoms with Crippen molar-refractivity contribution in [2.45, 2.75) is 31.1 Å². The Bertz CT molecular complexity index is 337. The van der Waals surface area contributed by atoms with Gasteiger partial charge in [-0.3, -0.25) is 0 Å². The summed E-state index contributed by atoms with van der Waals surface area (Å²) < 4.78 is 0.0353. The van der Waals surface area contributed by atoms with Crippen molar-refractivity contribution < 1.29 is 14.7 Å². The maximum absolute atomic E-state index is 12.1. The van der Waals surface area contributed by atoms with Crippen LogP contribution in [-0.2, 0) is 4.79 Å². The Morgan fingerprint density at radius 3 is 2.74 bits per heavy atom. The van der Waals surface area contributed by atoms with Crippen molar-refractivity contribution in [1.29, 1.82) is 0 Å². The molecule has 5 nitrogen and oxygen atoms in total. The lowest BCUT2D eigenvalue weighted by Crippen LogP contribution is -2.53. The minimum absolute atomic E-state index is 0.0353. The Hall–Kier alpha value is -0.560. The molecule has 0 aromatic carbocycles. The van der Waals surface area contributed by atoms with E-state index in [0.717, 1.165) is 11.5 Å². The molecule has 1 aliphatic rings. The van der Waals surface area contributed by atoms with Crippen LogP contribution >= 0.6 is 23.5 Å². The standard InChI is InChI=1S/C12H22N2O3S2/c1-12(2)8-14(5-7-19-12)11(17)13-9(10(15)16)4-6-18-3/h9H,4-8H2,1-3H3,(H,13,17)(H,15,16)/t9-/m0/s1. The first kappa shape index (κ1) is 16.5. The zero-order chi connectivity index (χ0) is 14.5. The number of rotatable bonds is 5. The molecule has 0 aliphatic carbocycles. The van der Waals surface area contributed by atoms with E-state index in [1.165, 1.54) is 0 Å². The fraction of sp³-hybridized carbons (Fsp3) is 0.833. The lowest BCUT2D eigenvalue weighted by Gasteiger charge is -2.37. The SMILES string of the molecule is CSCC[C@H](NC(=O)N1CCSC(C)(C)C1)C(=O)O. The summed E-state index contributed by atoms with van der Waals surface area (Å²) >= 11 is 3.42. The van der Waals surface area contributed by atoms with Gasteiger partial charge < -0.3 is 15.3 Å². The number of aliphatic carboxylic acids is 1. The molecule has 0 spiro atoms. The molecule has 1 rings (SSSR count). The molecule has 0 saturated carbocycles. The molecule has 1 atom stereocenters. The van der Waals surface area contributed by atoms with Crippen LogP contribution in [0.4, 0.5) is 4.79 Å². The number of nitrogens with zero attached hydrogens (tertiary/aromatic N) is 1. The summed E-state index contributed by atoms with van der Waals surface area (Å²) in [5.74, 6) is 0.648. The van der Waals surface area contributed by atoms with E-state index in [1.54, 1.807) is 16.7 Å². The highest BCUT2D eigenvalue weighted by molar-refractivity contribution is 8.00. The van der Waals surface area contributed by atoms with Crippen LogP contribution in [0, 0.1) is 0 Å². The molecular formula is C12H22N2O3S2. The number of carbonyl (C=O) groups excluding carboxylic acids is 1. The number of nitrogens with one attached hydrogen (secondary N) is 1. The largest absolute Gasteiger partial charge is 0.480 e. The number of amides is 2. The summed E-state index contributed by atoms with van der Waals surface area (Å²) in [6.45, 7) is 5.52. The van der Waals surface area contributed by atoms with Crippen molar-refractivity contribution >= 4 is 35.5 Å². The molecule has 7 heteroatoms. The maximum atomic E-state index is 12.1. The van der Waals surface area contributed by atoms with Gasteiger partial charge in [-0.2, -0.15) is 23.5 Å². The fourth-order valence-electron chi connectivity index (χ4n) is 1.92. The molecule has 0 unspecified atom stereocenters. The first-order valence-electron chi connectivity index (χ1n) is 6.27. The number of carbonyl (C=O) groups is 2. The highest BCUT2D eigenvalue weighted by atomic mass is 32.2. The molecule has 0 radical (unpaired) electrons. The summed E-state index contributed by atoms with van der Waals surface area (Å²) in [5.41, 5.74) is 0. The molecule has 1 aliphatic heterocycles. The topological polar surface area (TPSA) is 69.6 Å². The Balaban J connectivity index is 2.54. The summed E-state index contributed by atoms with van der Waals surface area (Å²) in [6.07, 6.45) is 2.37. The third kappa shape index (κ3) is 5.52. The minimum atomic E-state index is -0.965. The normalized spacial score (nSPS) is 19.8. The molecule has 1 fully saturated rings. The molecule has 1 heterocycles. The lowest BCUT2D eigenvalue weighted by molar-refractivity contribution is -0.139. The second-order valence-corrected chi connectivity index (χ2v) is 7.94. The highest BCUT2D eigenvalue weighted by Crippen LogP contribution is 2.29. The van der Waals surface area contributed by atoms with Gasteiger partial charge in [0.05, 0.1) is 0 Å². The number of hydrogen-bond donors (Lipinski definition) is 2. The maximum Gasteiger partial charge on any atom is 0.326 e. The van der Waals surface area contributed by atoms with E-state index >= 15 is 0 Å². The average Bonchev–Trinajstić information content (AvgIpc) is 2.32. The van der Waals surface area contributed by atoms with Crippen LogP contribution in [0.1, 0.15) is 20.3 Å². The van der Waals surface area contributed by atoms with Crippen molar-refractivity contribution in [3.8, 4) is 0 Å². The van der Waals surface area contributed by atoms with Gasteiger partial charge in [0, 0.05) is 23.6 Å². The molecule has 0 aromatic rings. The summed E-state index contributed by atoms with van der Waals surface area (Å²) in [4.78, 5) is 24.9. The Labute approximate surface area is 122 Å². The lowest BCUT2D eigenvalue weighted by atomic mass is 10.2. The van der Waals surface area contributed by atoms with Gasteiger partial charge in [0.1, 0.15) is 6.04 Å². The molecule has 19 heavy (non-hydrogen) atoms. The molecule has 2 N–H and O–H groups in total. The van der Waals surface area contributed by atoms with Gasteiger partial charge in [-0.25, -0.2) is 9.59 Å². The monoisotopic (exact) mass is 306 g/mol. The van der Waals surface area contributed by atoms with E-state index in [9.17, 15) is 9.59 Å². The Kier molecular flexibility index (Phi) is 6.32. The first-order valence-corrected chi connectivity index (χ1v) is 8.65. The number of thioether (sulfide) groups is 2. The third-order valence-electron chi connectivity index (χ3n) is 2.92. The van der Waals surface area contributed by atoms with Gasteiger partial charge in [0.2, 0.25) is 0 Å². The summed E-state index contributed by atoms with van der Waals surface area (Å²) in [7, 11) is 0. The van der Waals surface area contributed by atoms with Gasteiger partial charge >= 0.3 is 12.0 Å². The second-order valence-electron chi connectivity index (χ2n) is 5.15. The van der Waals surface area contributed by atoms with Crippen LogP contribution in [0.25, 0.3) is 0 Å². The predicted molar refractivity (Wildman–Crippen MR) is 81.1 cm³/mol. The van der Waals surface area contributed by atoms with Crippen molar-refractivity contribution in [2.24, 2.45) is 0 Å². The average molecular weight is 306 g/mol. The van der Waals surface area contributed by atoms with Gasteiger partial charge in [-0.05, 0) is 32.3 Å². The van der Waals surface area contributed by atoms with E-state index in [4.69, 9.17) is 5.11 Å². The smallest absolute Gasteiger partial charge is 0.326 e. The molecular weight excluding hydrogens is 284 g/mol. The Morgan fingerprint density at radius 1 is 1.53 bits per heavy atom. The number of carboxylic acid groups (broad SMARTS) is 1. The third-order valence-corrected chi connectivity index (χ3v) is 4.86. The first-order chi connectivity index (χ1) is 8.85. The molecule has 2 amide bonds. The zero-order valence-electron chi connectivity index (χ0n) is 11.6. The van der Waals surface area contributed by atoms with Gasteiger partial charge in [0.25, 0.3) is 0 Å². The molecule has 1 saturated heterocycles. The van der Waals surface area contributed by atoms with E-state index in [-0.39, 0.29) is 10.8 Å². The molecule has 0 aromatic heterocycles. The number of urea groups is 1. The van der Waals surface area contributed by atoms with Crippen molar-refractivity contribution in [2.75, 3.05) is 30.9 Å². The number of hydrogen-bond acceptors (Lipinski definition) is 4. The van der Waals surface area contributed by atoms with Crippen molar-refractivity contribution in [3.63, 3.8) is 0 Å². The quantitative estimate of drug-likeness (QED) is 0.809. The molecule has 110 valence electrons. The summed E-state index contributed by atoms with van der Waals surface area (Å²) in [6, 6.07) is -1.06. The van der Waals surface area contributed by atoms with Crippen molar-refractivity contribution in [3.05, 3.63) is 0 Å². The van der Waals surface area contributed by atoms with E-state index in [2.05, 4.69) is 19.2 Å². The number of carboxylic acids is 1. The van der Waals surface area contributed by atoms with E-state index < -0.39 is 12.0 Å². The van der Waals surface area contributed by atoms with Crippen LogP contribution in [0.15, 0.2) is 0 Å². The second kappa shape index (κ2) is 7.28. The van der Waals surface area contributed by atoms with Gasteiger partial charge in [-0.1, -0.05) is 0 Å². The fourth-order valence-corrected chi connectivity index (χ4v) is 3.51. The van der Waals surface area contributed by atoms with Gasteiger partial charge in [-0.15, -0.1) is 0 Å². The Morgan fingerprint density at radius 2 is 2.21 bits per heavy atom. The summed E-state index contributed by atoms with van der Waals surface area (Å²) in [5, 5.41) is 11.7. The van der Waals surface area contributed by atoms with Crippen LogP contribution in [0.3, 0.4) is 0 Å². The van der Waals surface area contributed by atoms with Crippen molar-refractivity contribution in [1.82, 2.24) is 10.2 Å². The van der Waals surface area contributed by atoms with Crippen LogP contribution in [0.5, 0.6) is 0 Å². The zero-order valence-corrected chi connectivity index (χ0v) is 13.3. The minimum Gasteiger partial charge on any atom is -0.480 e. The van der Waals surface area contributed by atoms with Gasteiger partial charge in [0.15, 0.2) is 0 Å². The van der Waals surface area contributed by atoms with E-state index in [1.807, 2.05) is 18.0 Å². The molecule has 0 bridgehead atoms.